The number of aliphatic carboxylic acids is 1. The average Bonchev–Trinajstić information content (AvgIpc) is 2.88. The fourth-order valence-electron chi connectivity index (χ4n) is 2.79. The Morgan fingerprint density at radius 1 is 0.707 bits per heavy atom. The smallest absolute Gasteiger partial charge is 0.330 e. The van der Waals surface area contributed by atoms with Gasteiger partial charge in [0.05, 0.1) is 0 Å². The van der Waals surface area contributed by atoms with Crippen molar-refractivity contribution in [1.29, 1.82) is 21.6 Å². The van der Waals surface area contributed by atoms with Gasteiger partial charge in [-0.2, -0.15) is 0 Å². The number of hydrogen-bond donors (Lipinski definition) is 11. The zero-order chi connectivity index (χ0) is 29.9. The lowest BCUT2D eigenvalue weighted by molar-refractivity contribution is -0.132. The van der Waals surface area contributed by atoms with E-state index >= 15 is 0 Å². The lowest BCUT2D eigenvalue weighted by atomic mass is 10.2. The van der Waals surface area contributed by atoms with E-state index in [-0.39, 0.29) is 41.8 Å². The monoisotopic (exact) mass is 626 g/mol. The summed E-state index contributed by atoms with van der Waals surface area (Å²) in [6.45, 7) is 5.85. The molecule has 224 valence electrons. The molecule has 0 saturated heterocycles. The molecular formula is C26H37Cl3N10O2. The van der Waals surface area contributed by atoms with E-state index in [4.69, 9.17) is 49.9 Å². The van der Waals surface area contributed by atoms with Gasteiger partial charge >= 0.3 is 5.97 Å². The van der Waals surface area contributed by atoms with Crippen LogP contribution in [0.4, 0.5) is 11.4 Å². The van der Waals surface area contributed by atoms with Crippen LogP contribution in [0.1, 0.15) is 32.6 Å². The van der Waals surface area contributed by atoms with E-state index in [0.717, 1.165) is 25.7 Å². The number of anilines is 2. The SMILES string of the molecule is C=C(C)C(=O)O.Cl.N=C(NCCCCCCNC(=N)NC(=N)Nc1ccc(Cl)cc1)NC(=N)Nc1ccc(Cl)cc1. The first-order chi connectivity index (χ1) is 19.0. The van der Waals surface area contributed by atoms with E-state index in [1.54, 1.807) is 48.5 Å². The van der Waals surface area contributed by atoms with Gasteiger partial charge in [-0.1, -0.05) is 42.6 Å². The molecule has 0 heterocycles. The normalized spacial score (nSPS) is 9.44. The molecule has 2 aromatic carbocycles. The van der Waals surface area contributed by atoms with Crippen LogP contribution >= 0.6 is 35.6 Å². The number of rotatable bonds is 10. The molecule has 11 N–H and O–H groups in total. The van der Waals surface area contributed by atoms with Gasteiger partial charge in [-0.25, -0.2) is 4.79 Å². The van der Waals surface area contributed by atoms with Crippen molar-refractivity contribution in [2.45, 2.75) is 32.6 Å². The van der Waals surface area contributed by atoms with Crippen LogP contribution in [0.2, 0.25) is 10.0 Å². The third-order valence-electron chi connectivity index (χ3n) is 4.80. The molecule has 12 nitrogen and oxygen atoms in total. The molecule has 2 rings (SSSR count). The van der Waals surface area contributed by atoms with Crippen LogP contribution in [-0.2, 0) is 4.79 Å². The molecule has 0 aliphatic heterocycles. The predicted octanol–water partition coefficient (Wildman–Crippen LogP) is 5.24. The summed E-state index contributed by atoms with van der Waals surface area (Å²) < 4.78 is 0. The highest BCUT2D eigenvalue weighted by molar-refractivity contribution is 6.31. The average molecular weight is 628 g/mol. The lowest BCUT2D eigenvalue weighted by Gasteiger charge is -2.13. The number of carbonyl (C=O) groups is 1. The third kappa shape index (κ3) is 18.8. The van der Waals surface area contributed by atoms with Crippen LogP contribution in [0, 0.1) is 21.6 Å². The van der Waals surface area contributed by atoms with Crippen LogP contribution in [0.25, 0.3) is 0 Å². The summed E-state index contributed by atoms with van der Waals surface area (Å²) in [6, 6.07) is 13.9. The van der Waals surface area contributed by atoms with Crippen molar-refractivity contribution in [2.24, 2.45) is 0 Å². The summed E-state index contributed by atoms with van der Waals surface area (Å²) in [6.07, 6.45) is 3.70. The highest BCUT2D eigenvalue weighted by atomic mass is 35.5. The Hall–Kier alpha value is -4.00. The Balaban J connectivity index is 0.00000206. The standard InChI is InChI=1S/C22H30Cl2N10.C4H6O2.ClH/c23-15-5-9-17(10-6-15)31-21(27)33-19(25)29-13-3-1-2-4-14-30-20(26)34-22(28)32-18-11-7-16(24)8-12-18;1-3(2)4(5)6;/h5-12H,1-4,13-14H2,(H5,25,27,29,31,33)(H5,26,28,30,32,34);1H2,2H3,(H,5,6);1H. The molecule has 0 aliphatic carbocycles. The number of hydrogen-bond acceptors (Lipinski definition) is 5. The Morgan fingerprint density at radius 2 is 1.02 bits per heavy atom. The van der Waals surface area contributed by atoms with E-state index in [2.05, 4.69) is 38.5 Å². The first-order valence-electron chi connectivity index (χ1n) is 12.3. The van der Waals surface area contributed by atoms with Crippen molar-refractivity contribution in [3.63, 3.8) is 0 Å². The maximum Gasteiger partial charge on any atom is 0.330 e. The summed E-state index contributed by atoms with van der Waals surface area (Å²) in [5, 5.41) is 57.4. The van der Waals surface area contributed by atoms with Gasteiger partial charge in [0.15, 0.2) is 23.8 Å². The van der Waals surface area contributed by atoms with E-state index in [1.165, 1.54) is 6.92 Å². The summed E-state index contributed by atoms with van der Waals surface area (Å²) in [7, 11) is 0. The minimum atomic E-state index is -0.935. The van der Waals surface area contributed by atoms with Crippen molar-refractivity contribution in [3.8, 4) is 0 Å². The molecule has 0 radical (unpaired) electrons. The number of carboxylic acids is 1. The van der Waals surface area contributed by atoms with Gasteiger partial charge in [-0.15, -0.1) is 12.4 Å². The molecule has 0 atom stereocenters. The number of halogens is 3. The lowest BCUT2D eigenvalue weighted by Crippen LogP contribution is -2.43. The van der Waals surface area contributed by atoms with E-state index in [0.29, 0.717) is 34.5 Å². The minimum absolute atomic E-state index is 0. The molecule has 0 aliphatic rings. The quantitative estimate of drug-likeness (QED) is 0.0725. The van der Waals surface area contributed by atoms with Crippen LogP contribution in [0.3, 0.4) is 0 Å². The second-order valence-corrected chi connectivity index (χ2v) is 9.24. The fourth-order valence-corrected chi connectivity index (χ4v) is 3.04. The first-order valence-corrected chi connectivity index (χ1v) is 13.0. The van der Waals surface area contributed by atoms with Gasteiger partial charge in [-0.3, -0.25) is 32.3 Å². The molecule has 0 bridgehead atoms. The Labute approximate surface area is 256 Å². The largest absolute Gasteiger partial charge is 0.478 e. The highest BCUT2D eigenvalue weighted by Crippen LogP contribution is 2.13. The second kappa shape index (κ2) is 20.8. The van der Waals surface area contributed by atoms with E-state index in [9.17, 15) is 4.79 Å². The molecule has 41 heavy (non-hydrogen) atoms. The molecular weight excluding hydrogens is 591 g/mol. The second-order valence-electron chi connectivity index (χ2n) is 8.37. The molecule has 2 aromatic rings. The first kappa shape index (κ1) is 37.0. The number of nitrogens with one attached hydrogen (secondary N) is 10. The summed E-state index contributed by atoms with van der Waals surface area (Å²) in [5.41, 5.74) is 1.59. The van der Waals surface area contributed by atoms with Gasteiger partial charge in [-0.05, 0) is 68.3 Å². The number of guanidine groups is 4. The Kier molecular flexibility index (Phi) is 18.8. The van der Waals surface area contributed by atoms with Gasteiger partial charge in [0, 0.05) is 40.1 Å². The zero-order valence-corrected chi connectivity index (χ0v) is 24.9. The summed E-state index contributed by atoms with van der Waals surface area (Å²) in [4.78, 5) is 9.60. The minimum Gasteiger partial charge on any atom is -0.478 e. The number of unbranched alkanes of at least 4 members (excludes halogenated alkanes) is 3. The topological polar surface area (TPSA) is 205 Å². The molecule has 0 unspecified atom stereocenters. The molecule has 0 fully saturated rings. The van der Waals surface area contributed by atoms with Crippen molar-refractivity contribution in [3.05, 3.63) is 70.7 Å². The van der Waals surface area contributed by atoms with Crippen LogP contribution in [0.15, 0.2) is 60.7 Å². The number of carboxylic acid groups (broad SMARTS) is 1. The number of benzene rings is 2. The maximum absolute atomic E-state index is 9.60. The Bertz CT molecular complexity index is 1070. The van der Waals surface area contributed by atoms with Gasteiger partial charge < -0.3 is 26.4 Å². The van der Waals surface area contributed by atoms with Gasteiger partial charge in [0.2, 0.25) is 0 Å². The third-order valence-corrected chi connectivity index (χ3v) is 5.30. The molecule has 15 heteroatoms. The zero-order valence-electron chi connectivity index (χ0n) is 22.6. The molecule has 0 spiro atoms. The maximum atomic E-state index is 9.60. The van der Waals surface area contributed by atoms with Crippen LogP contribution in [-0.4, -0.2) is 48.0 Å². The molecule has 0 saturated carbocycles. The highest BCUT2D eigenvalue weighted by Gasteiger charge is 2.03. The summed E-state index contributed by atoms with van der Waals surface area (Å²) >= 11 is 11.7. The van der Waals surface area contributed by atoms with Crippen LogP contribution < -0.4 is 31.9 Å². The Morgan fingerprint density at radius 3 is 1.32 bits per heavy atom. The van der Waals surface area contributed by atoms with E-state index in [1.807, 2.05) is 0 Å². The van der Waals surface area contributed by atoms with Gasteiger partial charge in [0.25, 0.3) is 0 Å². The van der Waals surface area contributed by atoms with Crippen molar-refractivity contribution in [2.75, 3.05) is 23.7 Å². The van der Waals surface area contributed by atoms with Crippen molar-refractivity contribution >= 4 is 76.8 Å². The van der Waals surface area contributed by atoms with Crippen molar-refractivity contribution < 1.29 is 9.90 Å². The van der Waals surface area contributed by atoms with Crippen LogP contribution in [0.5, 0.6) is 0 Å². The molecule has 0 aromatic heterocycles. The fraction of sp³-hybridized carbons (Fsp3) is 0.269. The molecule has 0 amide bonds. The van der Waals surface area contributed by atoms with Gasteiger partial charge in [0.1, 0.15) is 0 Å². The van der Waals surface area contributed by atoms with Crippen molar-refractivity contribution in [1.82, 2.24) is 21.3 Å². The predicted molar refractivity (Wildman–Crippen MR) is 171 cm³/mol. The summed E-state index contributed by atoms with van der Waals surface area (Å²) in [5.74, 6) is -0.823. The van der Waals surface area contributed by atoms with E-state index < -0.39 is 5.97 Å².